The first-order chi connectivity index (χ1) is 12.9. The molecule has 3 atom stereocenters. The van der Waals surface area contributed by atoms with E-state index in [2.05, 4.69) is 0 Å². The van der Waals surface area contributed by atoms with Gasteiger partial charge in [0.15, 0.2) is 21.3 Å². The van der Waals surface area contributed by atoms with Crippen LogP contribution in [0.2, 0.25) is 0 Å². The number of carboxylic acid groups (broad SMARTS) is 1. The molecule has 27 heavy (non-hydrogen) atoms. The number of benzene rings is 2. The van der Waals surface area contributed by atoms with Gasteiger partial charge in [-0.05, 0) is 29.8 Å². The number of hydrogen-bond donors (Lipinski definition) is 1. The molecular formula is C19H18O7S. The summed E-state index contributed by atoms with van der Waals surface area (Å²) in [6.45, 7) is -0.129. The van der Waals surface area contributed by atoms with Gasteiger partial charge in [0.25, 0.3) is 0 Å². The van der Waals surface area contributed by atoms with Gasteiger partial charge in [0.05, 0.1) is 16.8 Å². The van der Waals surface area contributed by atoms with Gasteiger partial charge in [0.1, 0.15) is 5.41 Å². The van der Waals surface area contributed by atoms with Crippen molar-refractivity contribution in [1.82, 2.24) is 0 Å². The molecule has 0 radical (unpaired) electrons. The number of fused-ring (bicyclic) bond motifs is 1. The smallest absolute Gasteiger partial charge is 0.314 e. The Labute approximate surface area is 156 Å². The number of rotatable bonds is 6. The summed E-state index contributed by atoms with van der Waals surface area (Å²) in [6.07, 6.45) is 0. The molecule has 1 N–H and O–H groups in total. The molecule has 0 saturated heterocycles. The van der Waals surface area contributed by atoms with Crippen molar-refractivity contribution in [1.29, 1.82) is 0 Å². The van der Waals surface area contributed by atoms with Gasteiger partial charge in [-0.15, -0.1) is 0 Å². The van der Waals surface area contributed by atoms with Crippen LogP contribution in [0.3, 0.4) is 0 Å². The Morgan fingerprint density at radius 1 is 1.19 bits per heavy atom. The van der Waals surface area contributed by atoms with E-state index in [0.717, 1.165) is 0 Å². The number of carboxylic acids is 1. The molecule has 8 heteroatoms. The van der Waals surface area contributed by atoms with Crippen molar-refractivity contribution in [2.75, 3.05) is 20.5 Å². The normalized spacial score (nSPS) is 26.0. The number of aliphatic carboxylic acids is 1. The van der Waals surface area contributed by atoms with E-state index in [4.69, 9.17) is 14.2 Å². The highest BCUT2D eigenvalue weighted by Gasteiger charge is 2.76. The molecule has 1 fully saturated rings. The molecule has 1 aliphatic carbocycles. The van der Waals surface area contributed by atoms with Gasteiger partial charge in [-0.2, -0.15) is 0 Å². The summed E-state index contributed by atoms with van der Waals surface area (Å²) in [7, 11) is -2.52. The molecule has 7 nitrogen and oxygen atoms in total. The first-order valence-electron chi connectivity index (χ1n) is 8.34. The topological polar surface area (TPSA) is 99.1 Å². The predicted molar refractivity (Wildman–Crippen MR) is 94.7 cm³/mol. The van der Waals surface area contributed by atoms with Gasteiger partial charge in [0, 0.05) is 13.0 Å². The molecule has 2 aliphatic rings. The fourth-order valence-corrected chi connectivity index (χ4v) is 6.30. The van der Waals surface area contributed by atoms with Crippen LogP contribution in [0.1, 0.15) is 11.5 Å². The van der Waals surface area contributed by atoms with Crippen LogP contribution in [0.15, 0.2) is 53.4 Å². The zero-order valence-corrected chi connectivity index (χ0v) is 15.3. The second-order valence-corrected chi connectivity index (χ2v) is 8.72. The number of hydrogen-bond acceptors (Lipinski definition) is 6. The molecule has 1 heterocycles. The molecule has 2 aromatic rings. The Kier molecular flexibility index (Phi) is 4.12. The van der Waals surface area contributed by atoms with Gasteiger partial charge in [-0.1, -0.05) is 24.3 Å². The summed E-state index contributed by atoms with van der Waals surface area (Å²) >= 11 is 0. The average molecular weight is 390 g/mol. The van der Waals surface area contributed by atoms with E-state index >= 15 is 0 Å². The van der Waals surface area contributed by atoms with Gasteiger partial charge in [-0.3, -0.25) is 4.79 Å². The van der Waals surface area contributed by atoms with E-state index in [1.54, 1.807) is 36.4 Å². The fraction of sp³-hybridized carbons (Fsp3) is 0.316. The first-order valence-corrected chi connectivity index (χ1v) is 9.88. The van der Waals surface area contributed by atoms with Crippen molar-refractivity contribution in [2.45, 2.75) is 16.1 Å². The molecule has 0 aromatic heterocycles. The monoisotopic (exact) mass is 390 g/mol. The minimum absolute atomic E-state index is 0.0807. The maximum Gasteiger partial charge on any atom is 0.314 e. The molecule has 4 rings (SSSR count). The quantitative estimate of drug-likeness (QED) is 0.806. The van der Waals surface area contributed by atoms with Crippen molar-refractivity contribution < 1.29 is 32.5 Å². The van der Waals surface area contributed by atoms with Crippen molar-refractivity contribution >= 4 is 15.8 Å². The second kappa shape index (κ2) is 6.24. The molecule has 142 valence electrons. The molecule has 0 unspecified atom stereocenters. The van der Waals surface area contributed by atoms with E-state index in [-0.39, 0.29) is 18.3 Å². The van der Waals surface area contributed by atoms with Crippen molar-refractivity contribution in [3.05, 3.63) is 54.1 Å². The molecule has 1 aliphatic heterocycles. The fourth-order valence-electron chi connectivity index (χ4n) is 3.92. The Morgan fingerprint density at radius 2 is 1.89 bits per heavy atom. The van der Waals surface area contributed by atoms with Crippen LogP contribution in [0.5, 0.6) is 11.5 Å². The summed E-state index contributed by atoms with van der Waals surface area (Å²) in [5.74, 6) is -0.923. The Bertz CT molecular complexity index is 986. The Hall–Kier alpha value is -2.58. The maximum absolute atomic E-state index is 13.2. The van der Waals surface area contributed by atoms with Gasteiger partial charge < -0.3 is 19.3 Å². The minimum atomic E-state index is -3.88. The summed E-state index contributed by atoms with van der Waals surface area (Å²) in [4.78, 5) is 12.3. The lowest BCUT2D eigenvalue weighted by molar-refractivity contribution is -0.145. The van der Waals surface area contributed by atoms with Crippen molar-refractivity contribution in [2.24, 2.45) is 5.41 Å². The molecule has 0 spiro atoms. The molecule has 0 amide bonds. The summed E-state index contributed by atoms with van der Waals surface area (Å²) < 4.78 is 42.2. The van der Waals surface area contributed by atoms with Gasteiger partial charge in [-0.25, -0.2) is 8.42 Å². The number of carbonyl (C=O) groups is 1. The Morgan fingerprint density at radius 3 is 2.56 bits per heavy atom. The summed E-state index contributed by atoms with van der Waals surface area (Å²) in [5.41, 5.74) is -0.986. The maximum atomic E-state index is 13.2. The lowest BCUT2D eigenvalue weighted by Crippen LogP contribution is -2.28. The van der Waals surface area contributed by atoms with Crippen LogP contribution < -0.4 is 9.47 Å². The van der Waals surface area contributed by atoms with Gasteiger partial charge in [0.2, 0.25) is 6.79 Å². The molecular weight excluding hydrogens is 372 g/mol. The lowest BCUT2D eigenvalue weighted by Gasteiger charge is -2.12. The lowest BCUT2D eigenvalue weighted by atomic mass is 9.99. The van der Waals surface area contributed by atoms with Crippen LogP contribution in [0.4, 0.5) is 0 Å². The van der Waals surface area contributed by atoms with E-state index in [9.17, 15) is 18.3 Å². The van der Waals surface area contributed by atoms with E-state index in [1.165, 1.54) is 19.2 Å². The largest absolute Gasteiger partial charge is 0.481 e. The van der Waals surface area contributed by atoms with Crippen LogP contribution in [-0.2, 0) is 19.4 Å². The molecule has 1 saturated carbocycles. The van der Waals surface area contributed by atoms with Crippen LogP contribution in [-0.4, -0.2) is 45.3 Å². The van der Waals surface area contributed by atoms with E-state index in [1.807, 2.05) is 0 Å². The summed E-state index contributed by atoms with van der Waals surface area (Å²) in [6, 6.07) is 12.9. The highest BCUT2D eigenvalue weighted by molar-refractivity contribution is 7.92. The molecule has 0 bridgehead atoms. The zero-order chi connectivity index (χ0) is 19.2. The highest BCUT2D eigenvalue weighted by Crippen LogP contribution is 2.65. The predicted octanol–water partition coefficient (Wildman–Crippen LogP) is 2.07. The van der Waals surface area contributed by atoms with Gasteiger partial charge >= 0.3 is 5.97 Å². The first kappa shape index (κ1) is 17.8. The summed E-state index contributed by atoms with van der Waals surface area (Å²) in [5, 5.41) is 8.81. The number of ether oxygens (including phenoxy) is 3. The molecule has 2 aromatic carbocycles. The third kappa shape index (κ3) is 2.59. The second-order valence-electron chi connectivity index (χ2n) is 6.65. The van der Waals surface area contributed by atoms with E-state index < -0.39 is 32.4 Å². The number of sulfone groups is 1. The van der Waals surface area contributed by atoms with Crippen molar-refractivity contribution in [3.63, 3.8) is 0 Å². The Balaban J connectivity index is 1.82. The average Bonchev–Trinajstić information content (AvgIpc) is 3.13. The van der Waals surface area contributed by atoms with E-state index in [0.29, 0.717) is 17.1 Å². The minimum Gasteiger partial charge on any atom is -0.481 e. The number of methoxy groups -OCH3 is 1. The van der Waals surface area contributed by atoms with Crippen LogP contribution >= 0.6 is 0 Å². The highest BCUT2D eigenvalue weighted by atomic mass is 32.2. The van der Waals surface area contributed by atoms with Crippen molar-refractivity contribution in [3.8, 4) is 11.5 Å². The van der Waals surface area contributed by atoms with Crippen LogP contribution in [0.25, 0.3) is 0 Å². The standard InChI is InChI=1S/C19H18O7S/c1-24-10-19(18(20)21)16(12-7-8-14-15(9-12)26-11-25-14)17(19)27(22,23)13-5-3-2-4-6-13/h2-9,16-17H,10-11H2,1H3,(H,20,21)/t16-,17-,19+/m1/s1. The SMILES string of the molecule is COC[C@]1(C(=O)O)[C@H](c2ccc3c(c2)OCO3)[C@H]1S(=O)(=O)c1ccccc1. The zero-order valence-electron chi connectivity index (χ0n) is 14.5. The third-order valence-corrected chi connectivity index (χ3v) is 7.49. The van der Waals surface area contributed by atoms with Crippen LogP contribution in [0, 0.1) is 5.41 Å². The third-order valence-electron chi connectivity index (χ3n) is 5.20.